The Morgan fingerprint density at radius 3 is 2.15 bits per heavy atom. The number of hydrogen-bond donors (Lipinski definition) is 1. The zero-order chi connectivity index (χ0) is 9.90. The molecule has 6 heteroatoms. The highest BCUT2D eigenvalue weighted by molar-refractivity contribution is 7.84. The second kappa shape index (κ2) is 3.55. The normalized spacial score (nSPS) is 10.8. The molecule has 5 nitrogen and oxygen atoms in total. The maximum atomic E-state index is 10.4. The van der Waals surface area contributed by atoms with Crippen molar-refractivity contribution in [1.82, 2.24) is 0 Å². The first kappa shape index (κ1) is 9.69. The fraction of sp³-hybridized carbons (Fsp3) is 0. The van der Waals surface area contributed by atoms with E-state index in [1.807, 2.05) is 0 Å². The van der Waals surface area contributed by atoms with Gasteiger partial charge in [-0.05, 0) is 24.3 Å². The highest BCUT2D eigenvalue weighted by atomic mass is 32.2. The number of aldehydes is 1. The Labute approximate surface area is 75.4 Å². The van der Waals surface area contributed by atoms with Gasteiger partial charge in [-0.25, -0.2) is 0 Å². The van der Waals surface area contributed by atoms with Crippen LogP contribution in [-0.2, 0) is 10.3 Å². The van der Waals surface area contributed by atoms with Crippen LogP contribution in [0.1, 0.15) is 10.4 Å². The van der Waals surface area contributed by atoms with Gasteiger partial charge in [-0.15, -0.1) is 0 Å². The van der Waals surface area contributed by atoms with Crippen molar-refractivity contribution in [2.24, 2.45) is 5.14 Å². The third kappa shape index (κ3) is 3.22. The maximum Gasteiger partial charge on any atom is 0.380 e. The van der Waals surface area contributed by atoms with Crippen LogP contribution >= 0.6 is 0 Å². The maximum absolute atomic E-state index is 10.4. The predicted octanol–water partition coefficient (Wildman–Crippen LogP) is 0.0814. The van der Waals surface area contributed by atoms with E-state index in [0.29, 0.717) is 11.8 Å². The molecule has 0 bridgehead atoms. The summed E-state index contributed by atoms with van der Waals surface area (Å²) in [6.07, 6.45) is 0.640. The first-order valence-electron chi connectivity index (χ1n) is 3.29. The summed E-state index contributed by atoms with van der Waals surface area (Å²) in [5.74, 6) is 0.0769. The number of nitrogens with two attached hydrogens (primary N) is 1. The number of carbonyl (C=O) groups excluding carboxylic acids is 1. The zero-order valence-electron chi connectivity index (χ0n) is 6.51. The number of benzene rings is 1. The highest BCUT2D eigenvalue weighted by Crippen LogP contribution is 2.11. The molecule has 70 valence electrons. The topological polar surface area (TPSA) is 86.5 Å². The van der Waals surface area contributed by atoms with Gasteiger partial charge in [0.1, 0.15) is 12.0 Å². The van der Waals surface area contributed by atoms with Crippen molar-refractivity contribution < 1.29 is 17.4 Å². The van der Waals surface area contributed by atoms with Crippen LogP contribution in [0.3, 0.4) is 0 Å². The van der Waals surface area contributed by atoms with E-state index >= 15 is 0 Å². The highest BCUT2D eigenvalue weighted by Gasteiger charge is 2.03. The van der Waals surface area contributed by atoms with Crippen molar-refractivity contribution in [1.29, 1.82) is 0 Å². The zero-order valence-corrected chi connectivity index (χ0v) is 7.32. The molecule has 0 amide bonds. The van der Waals surface area contributed by atoms with Crippen molar-refractivity contribution >= 4 is 16.6 Å². The molecule has 0 unspecified atom stereocenters. The van der Waals surface area contributed by atoms with E-state index in [4.69, 9.17) is 0 Å². The van der Waals surface area contributed by atoms with Gasteiger partial charge in [0.2, 0.25) is 0 Å². The summed E-state index contributed by atoms with van der Waals surface area (Å²) in [5.41, 5.74) is 0.432. The molecule has 0 saturated carbocycles. The third-order valence-electron chi connectivity index (χ3n) is 1.23. The summed E-state index contributed by atoms with van der Waals surface area (Å²) in [7, 11) is -3.99. The summed E-state index contributed by atoms with van der Waals surface area (Å²) in [4.78, 5) is 10.2. The third-order valence-corrected chi connectivity index (χ3v) is 1.65. The molecule has 0 atom stereocenters. The van der Waals surface area contributed by atoms with Crippen LogP contribution < -0.4 is 9.32 Å². The van der Waals surface area contributed by atoms with Gasteiger partial charge in [0.15, 0.2) is 0 Å². The van der Waals surface area contributed by atoms with Gasteiger partial charge in [0.05, 0.1) is 0 Å². The summed E-state index contributed by atoms with van der Waals surface area (Å²) in [6.45, 7) is 0. The molecule has 0 fully saturated rings. The van der Waals surface area contributed by atoms with Crippen molar-refractivity contribution in [2.45, 2.75) is 0 Å². The van der Waals surface area contributed by atoms with E-state index in [1.54, 1.807) is 0 Å². The molecule has 13 heavy (non-hydrogen) atoms. The first-order chi connectivity index (χ1) is 6.01. The van der Waals surface area contributed by atoms with Crippen molar-refractivity contribution in [3.63, 3.8) is 0 Å². The SMILES string of the molecule is NS(=O)(=O)Oc1ccc(C=O)cc1. The molecule has 1 rings (SSSR count). The molecule has 0 saturated heterocycles. The van der Waals surface area contributed by atoms with Crippen molar-refractivity contribution in [2.75, 3.05) is 0 Å². The van der Waals surface area contributed by atoms with Crippen LogP contribution in [0, 0.1) is 0 Å². The minimum atomic E-state index is -3.99. The monoisotopic (exact) mass is 201 g/mol. The summed E-state index contributed by atoms with van der Waals surface area (Å²) in [5, 5.41) is 4.62. The lowest BCUT2D eigenvalue weighted by molar-refractivity contribution is 0.112. The summed E-state index contributed by atoms with van der Waals surface area (Å²) < 4.78 is 25.2. The van der Waals surface area contributed by atoms with E-state index in [1.165, 1.54) is 24.3 Å². The van der Waals surface area contributed by atoms with Crippen LogP contribution in [0.5, 0.6) is 5.75 Å². The quantitative estimate of drug-likeness (QED) is 0.701. The van der Waals surface area contributed by atoms with Gasteiger partial charge in [-0.1, -0.05) is 0 Å². The minimum Gasteiger partial charge on any atom is -0.371 e. The van der Waals surface area contributed by atoms with E-state index in [-0.39, 0.29) is 5.75 Å². The van der Waals surface area contributed by atoms with Gasteiger partial charge in [0.25, 0.3) is 0 Å². The van der Waals surface area contributed by atoms with Gasteiger partial charge in [-0.2, -0.15) is 13.6 Å². The Kier molecular flexibility index (Phi) is 2.64. The van der Waals surface area contributed by atoms with Gasteiger partial charge >= 0.3 is 10.3 Å². The summed E-state index contributed by atoms with van der Waals surface area (Å²) >= 11 is 0. The number of rotatable bonds is 3. The minimum absolute atomic E-state index is 0.0769. The Morgan fingerprint density at radius 2 is 1.77 bits per heavy atom. The lowest BCUT2D eigenvalue weighted by Crippen LogP contribution is -2.18. The van der Waals surface area contributed by atoms with Gasteiger partial charge in [0, 0.05) is 5.56 Å². The molecule has 0 spiro atoms. The molecule has 2 N–H and O–H groups in total. The molecule has 0 aromatic heterocycles. The van der Waals surface area contributed by atoms with Crippen LogP contribution in [0.25, 0.3) is 0 Å². The van der Waals surface area contributed by atoms with Crippen LogP contribution in [0.4, 0.5) is 0 Å². The average molecular weight is 201 g/mol. The molecule has 0 aliphatic carbocycles. The van der Waals surface area contributed by atoms with Gasteiger partial charge in [-0.3, -0.25) is 4.79 Å². The van der Waals surface area contributed by atoms with Crippen molar-refractivity contribution in [3.05, 3.63) is 29.8 Å². The molecule has 0 aliphatic heterocycles. The second-order valence-electron chi connectivity index (χ2n) is 2.26. The van der Waals surface area contributed by atoms with Crippen LogP contribution in [-0.4, -0.2) is 14.7 Å². The molecule has 0 radical (unpaired) electrons. The first-order valence-corrected chi connectivity index (χ1v) is 4.76. The number of hydrogen-bond acceptors (Lipinski definition) is 4. The molecule has 1 aromatic carbocycles. The molecular weight excluding hydrogens is 194 g/mol. The van der Waals surface area contributed by atoms with E-state index in [9.17, 15) is 13.2 Å². The van der Waals surface area contributed by atoms with E-state index in [0.717, 1.165) is 0 Å². The molecule has 0 heterocycles. The van der Waals surface area contributed by atoms with Crippen molar-refractivity contribution in [3.8, 4) is 5.75 Å². The predicted molar refractivity (Wildman–Crippen MR) is 45.6 cm³/mol. The largest absolute Gasteiger partial charge is 0.380 e. The van der Waals surface area contributed by atoms with Crippen LogP contribution in [0.15, 0.2) is 24.3 Å². The average Bonchev–Trinajstić information content (AvgIpc) is 2.03. The fourth-order valence-electron chi connectivity index (χ4n) is 0.736. The Balaban J connectivity index is 2.87. The second-order valence-corrected chi connectivity index (χ2v) is 3.42. The Bertz CT molecular complexity index is 395. The number of carbonyl (C=O) groups is 1. The standard InChI is InChI=1S/C7H7NO4S/c8-13(10,11)12-7-3-1-6(5-9)2-4-7/h1-5H,(H2,8,10,11). The lowest BCUT2D eigenvalue weighted by atomic mass is 10.2. The van der Waals surface area contributed by atoms with Gasteiger partial charge < -0.3 is 4.18 Å². The molecule has 0 aliphatic rings. The molecular formula is C7H7NO4S. The fourth-order valence-corrected chi connectivity index (χ4v) is 1.12. The van der Waals surface area contributed by atoms with E-state index < -0.39 is 10.3 Å². The molecule has 1 aromatic rings. The summed E-state index contributed by atoms with van der Waals surface area (Å²) in [6, 6.07) is 5.53. The van der Waals surface area contributed by atoms with Crippen LogP contribution in [0.2, 0.25) is 0 Å². The Hall–Kier alpha value is -1.40. The Morgan fingerprint density at radius 1 is 1.23 bits per heavy atom. The van der Waals surface area contributed by atoms with E-state index in [2.05, 4.69) is 9.32 Å². The smallest absolute Gasteiger partial charge is 0.371 e. The lowest BCUT2D eigenvalue weighted by Gasteiger charge is -2.00.